The lowest BCUT2D eigenvalue weighted by Crippen LogP contribution is -2.36. The first-order valence-electron chi connectivity index (χ1n) is 5.27. The molecule has 0 radical (unpaired) electrons. The maximum absolute atomic E-state index is 12.0. The lowest BCUT2D eigenvalue weighted by molar-refractivity contribution is -0.151. The van der Waals surface area contributed by atoms with Gasteiger partial charge in [0.1, 0.15) is 5.92 Å². The number of rotatable bonds is 1. The van der Waals surface area contributed by atoms with E-state index in [2.05, 4.69) is 4.74 Å². The molecule has 0 N–H and O–H groups in total. The predicted octanol–water partition coefficient (Wildman–Crippen LogP) is 2.11. The van der Waals surface area contributed by atoms with Gasteiger partial charge in [0, 0.05) is 0 Å². The summed E-state index contributed by atoms with van der Waals surface area (Å²) in [5.41, 5.74) is 1.82. The van der Waals surface area contributed by atoms with Crippen LogP contribution in [0.5, 0.6) is 0 Å². The molecule has 0 bridgehead atoms. The van der Waals surface area contributed by atoms with Crippen molar-refractivity contribution in [2.24, 2.45) is 11.8 Å². The van der Waals surface area contributed by atoms with E-state index in [1.54, 1.807) is 0 Å². The van der Waals surface area contributed by atoms with Crippen molar-refractivity contribution in [3.05, 3.63) is 11.1 Å². The number of Topliss-reactive ketones (excluding diaryl/α,β-unsaturated/α-hetero) is 1. The highest BCUT2D eigenvalue weighted by molar-refractivity contribution is 6.09. The van der Waals surface area contributed by atoms with Gasteiger partial charge in [-0.05, 0) is 38.2 Å². The van der Waals surface area contributed by atoms with Crippen LogP contribution in [-0.4, -0.2) is 18.9 Å². The molecule has 3 heteroatoms. The third-order valence-corrected chi connectivity index (χ3v) is 3.06. The van der Waals surface area contributed by atoms with Gasteiger partial charge in [-0.3, -0.25) is 9.59 Å². The average Bonchev–Trinajstić information content (AvgIpc) is 2.16. The topological polar surface area (TPSA) is 43.4 Å². The number of hydrogen-bond acceptors (Lipinski definition) is 3. The maximum Gasteiger partial charge on any atom is 0.316 e. The van der Waals surface area contributed by atoms with Gasteiger partial charge in [-0.15, -0.1) is 0 Å². The third kappa shape index (κ3) is 2.28. The van der Waals surface area contributed by atoms with Crippen molar-refractivity contribution in [3.8, 4) is 0 Å². The summed E-state index contributed by atoms with van der Waals surface area (Å²) in [4.78, 5) is 23.5. The second-order valence-corrected chi connectivity index (χ2v) is 4.36. The van der Waals surface area contributed by atoms with Crippen LogP contribution in [0.1, 0.15) is 33.6 Å². The van der Waals surface area contributed by atoms with E-state index in [0.717, 1.165) is 24.0 Å². The van der Waals surface area contributed by atoms with Crippen molar-refractivity contribution in [2.75, 3.05) is 7.11 Å². The largest absolute Gasteiger partial charge is 0.468 e. The normalized spacial score (nSPS) is 26.4. The van der Waals surface area contributed by atoms with Gasteiger partial charge in [0.2, 0.25) is 0 Å². The van der Waals surface area contributed by atoms with Crippen molar-refractivity contribution >= 4 is 11.8 Å². The van der Waals surface area contributed by atoms with Crippen LogP contribution in [0.3, 0.4) is 0 Å². The van der Waals surface area contributed by atoms with E-state index in [1.807, 2.05) is 20.8 Å². The third-order valence-electron chi connectivity index (χ3n) is 3.06. The summed E-state index contributed by atoms with van der Waals surface area (Å²) in [5, 5.41) is 0. The van der Waals surface area contributed by atoms with Crippen LogP contribution in [0.25, 0.3) is 0 Å². The summed E-state index contributed by atoms with van der Waals surface area (Å²) in [6.45, 7) is 5.76. The van der Waals surface area contributed by atoms with Crippen LogP contribution in [0, 0.1) is 11.8 Å². The van der Waals surface area contributed by atoms with Crippen molar-refractivity contribution in [3.63, 3.8) is 0 Å². The highest BCUT2D eigenvalue weighted by atomic mass is 16.5. The molecule has 0 heterocycles. The lowest BCUT2D eigenvalue weighted by Gasteiger charge is -2.27. The molecule has 1 unspecified atom stereocenters. The Bertz CT molecular complexity index is 311. The van der Waals surface area contributed by atoms with E-state index < -0.39 is 11.9 Å². The zero-order valence-electron chi connectivity index (χ0n) is 9.79. The molecule has 0 aromatic rings. The summed E-state index contributed by atoms with van der Waals surface area (Å²) < 4.78 is 4.68. The maximum atomic E-state index is 12.0. The van der Waals surface area contributed by atoms with E-state index in [-0.39, 0.29) is 11.7 Å². The fourth-order valence-corrected chi connectivity index (χ4v) is 2.07. The summed E-state index contributed by atoms with van der Waals surface area (Å²) in [6, 6.07) is 0. The van der Waals surface area contributed by atoms with Crippen LogP contribution in [-0.2, 0) is 14.3 Å². The second-order valence-electron chi connectivity index (χ2n) is 4.36. The Kier molecular flexibility index (Phi) is 3.66. The number of allylic oxidation sites excluding steroid dienone is 2. The van der Waals surface area contributed by atoms with Gasteiger partial charge >= 0.3 is 5.97 Å². The van der Waals surface area contributed by atoms with Crippen LogP contribution in [0.2, 0.25) is 0 Å². The molecule has 1 aliphatic carbocycles. The molecule has 0 aromatic carbocycles. The monoisotopic (exact) mass is 210 g/mol. The van der Waals surface area contributed by atoms with Crippen LogP contribution < -0.4 is 0 Å². The van der Waals surface area contributed by atoms with E-state index in [1.165, 1.54) is 7.11 Å². The van der Waals surface area contributed by atoms with E-state index in [0.29, 0.717) is 0 Å². The molecule has 1 aliphatic rings. The number of carbonyl (C=O) groups excluding carboxylic acids is 2. The van der Waals surface area contributed by atoms with E-state index in [9.17, 15) is 9.59 Å². The highest BCUT2D eigenvalue weighted by Crippen LogP contribution is 2.32. The van der Waals surface area contributed by atoms with Gasteiger partial charge in [0.25, 0.3) is 0 Å². The molecule has 0 aliphatic heterocycles. The van der Waals surface area contributed by atoms with Crippen molar-refractivity contribution in [2.45, 2.75) is 33.6 Å². The second kappa shape index (κ2) is 4.60. The predicted molar refractivity (Wildman–Crippen MR) is 57.3 cm³/mol. The Morgan fingerprint density at radius 1 is 1.40 bits per heavy atom. The van der Waals surface area contributed by atoms with E-state index in [4.69, 9.17) is 0 Å². The molecule has 15 heavy (non-hydrogen) atoms. The van der Waals surface area contributed by atoms with Crippen molar-refractivity contribution in [1.29, 1.82) is 0 Å². The Morgan fingerprint density at radius 3 is 2.47 bits per heavy atom. The minimum Gasteiger partial charge on any atom is -0.468 e. The fraction of sp³-hybridized carbons (Fsp3) is 0.667. The van der Waals surface area contributed by atoms with Crippen molar-refractivity contribution in [1.82, 2.24) is 0 Å². The number of esters is 1. The van der Waals surface area contributed by atoms with E-state index >= 15 is 0 Å². The Morgan fingerprint density at radius 2 is 2.00 bits per heavy atom. The van der Waals surface area contributed by atoms with Gasteiger partial charge in [0.05, 0.1) is 7.11 Å². The van der Waals surface area contributed by atoms with Crippen LogP contribution in [0.15, 0.2) is 11.1 Å². The van der Waals surface area contributed by atoms with Crippen molar-refractivity contribution < 1.29 is 14.3 Å². The first-order chi connectivity index (χ1) is 6.99. The van der Waals surface area contributed by atoms with Crippen LogP contribution in [0.4, 0.5) is 0 Å². The highest BCUT2D eigenvalue weighted by Gasteiger charge is 2.38. The summed E-state index contributed by atoms with van der Waals surface area (Å²) >= 11 is 0. The average molecular weight is 210 g/mol. The molecule has 84 valence electrons. The quantitative estimate of drug-likeness (QED) is 0.378. The molecule has 0 spiro atoms. The number of methoxy groups -OCH3 is 1. The van der Waals surface area contributed by atoms with Gasteiger partial charge in [-0.2, -0.15) is 0 Å². The molecule has 0 aromatic heterocycles. The minimum absolute atomic E-state index is 0.0411. The fourth-order valence-electron chi connectivity index (χ4n) is 2.07. The molecule has 1 saturated carbocycles. The summed E-state index contributed by atoms with van der Waals surface area (Å²) in [5.74, 6) is -0.937. The lowest BCUT2D eigenvalue weighted by atomic mass is 9.75. The van der Waals surface area contributed by atoms with Gasteiger partial charge in [-0.1, -0.05) is 12.5 Å². The molecule has 1 fully saturated rings. The SMILES string of the molecule is COC(=O)C1C(=O)C(=C(C)C)CC[C@H]1C. The Balaban J connectivity index is 2.99. The number of ketones is 1. The van der Waals surface area contributed by atoms with Crippen LogP contribution >= 0.6 is 0 Å². The number of hydrogen-bond donors (Lipinski definition) is 0. The van der Waals surface area contributed by atoms with Gasteiger partial charge < -0.3 is 4.74 Å². The Hall–Kier alpha value is -1.12. The molecular formula is C12H18O3. The molecular weight excluding hydrogens is 192 g/mol. The summed E-state index contributed by atoms with van der Waals surface area (Å²) in [7, 11) is 1.33. The zero-order chi connectivity index (χ0) is 11.6. The molecule has 1 rings (SSSR count). The number of carbonyl (C=O) groups is 2. The molecule has 2 atom stereocenters. The first-order valence-corrected chi connectivity index (χ1v) is 5.27. The first kappa shape index (κ1) is 12.0. The smallest absolute Gasteiger partial charge is 0.316 e. The van der Waals surface area contributed by atoms with Gasteiger partial charge in [0.15, 0.2) is 5.78 Å². The standard InChI is InChI=1S/C12H18O3/c1-7(2)9-6-5-8(3)10(11(9)13)12(14)15-4/h8,10H,5-6H2,1-4H3/t8-,10?/m1/s1. The molecule has 3 nitrogen and oxygen atoms in total. The molecule has 0 amide bonds. The number of ether oxygens (including phenoxy) is 1. The Labute approximate surface area is 90.5 Å². The molecule has 0 saturated heterocycles. The minimum atomic E-state index is -0.589. The van der Waals surface area contributed by atoms with Gasteiger partial charge in [-0.25, -0.2) is 0 Å². The summed E-state index contributed by atoms with van der Waals surface area (Å²) in [6.07, 6.45) is 1.67. The zero-order valence-corrected chi connectivity index (χ0v) is 9.79.